The number of carbonyl (C=O) groups excluding carboxylic acids is 1. The molecule has 0 spiro atoms. The highest BCUT2D eigenvalue weighted by molar-refractivity contribution is 5.83. The third-order valence-corrected chi connectivity index (χ3v) is 3.77. The lowest BCUT2D eigenvalue weighted by Crippen LogP contribution is -2.18. The van der Waals surface area contributed by atoms with Gasteiger partial charge >= 0.3 is 0 Å². The van der Waals surface area contributed by atoms with Crippen LogP contribution in [-0.2, 0) is 11.2 Å². The molecule has 1 fully saturated rings. The molecule has 0 heterocycles. The molecule has 0 bridgehead atoms. The molecule has 1 heteroatoms. The topological polar surface area (TPSA) is 17.1 Å². The van der Waals surface area contributed by atoms with E-state index < -0.39 is 0 Å². The van der Waals surface area contributed by atoms with Crippen LogP contribution in [0.25, 0.3) is 0 Å². The Bertz CT molecular complexity index is 364. The number of hydrogen-bond donors (Lipinski definition) is 0. The monoisotopic (exact) mass is 216 g/mol. The average Bonchev–Trinajstić information content (AvgIpc) is 2.68. The molecule has 86 valence electrons. The Balaban J connectivity index is 1.99. The summed E-state index contributed by atoms with van der Waals surface area (Å²) < 4.78 is 0. The first-order valence-corrected chi connectivity index (χ1v) is 6.25. The summed E-state index contributed by atoms with van der Waals surface area (Å²) in [7, 11) is 0. The van der Waals surface area contributed by atoms with E-state index in [1.54, 1.807) is 0 Å². The second-order valence-corrected chi connectivity index (χ2v) is 5.14. The summed E-state index contributed by atoms with van der Waals surface area (Å²) in [5.74, 6) is 1.35. The molecule has 2 atom stereocenters. The molecule has 2 rings (SSSR count). The molecular weight excluding hydrogens is 196 g/mol. The van der Waals surface area contributed by atoms with Gasteiger partial charge in [0.15, 0.2) is 0 Å². The Kier molecular flexibility index (Phi) is 3.42. The molecule has 0 saturated heterocycles. The Labute approximate surface area is 97.9 Å². The van der Waals surface area contributed by atoms with Crippen molar-refractivity contribution in [1.82, 2.24) is 0 Å². The van der Waals surface area contributed by atoms with Crippen molar-refractivity contribution in [3.63, 3.8) is 0 Å². The summed E-state index contributed by atoms with van der Waals surface area (Å²) >= 11 is 0. The second-order valence-electron chi connectivity index (χ2n) is 5.14. The van der Waals surface area contributed by atoms with Crippen molar-refractivity contribution in [3.05, 3.63) is 35.4 Å². The largest absolute Gasteiger partial charge is 0.299 e. The van der Waals surface area contributed by atoms with E-state index in [1.165, 1.54) is 18.4 Å². The highest BCUT2D eigenvalue weighted by atomic mass is 16.1. The van der Waals surface area contributed by atoms with Crippen molar-refractivity contribution in [2.75, 3.05) is 0 Å². The van der Waals surface area contributed by atoms with Crippen LogP contribution < -0.4 is 0 Å². The van der Waals surface area contributed by atoms with Crippen LogP contribution in [0.15, 0.2) is 24.3 Å². The first-order valence-electron chi connectivity index (χ1n) is 6.25. The number of aryl methyl sites for hydroxylation is 1. The zero-order valence-electron chi connectivity index (χ0n) is 10.2. The van der Waals surface area contributed by atoms with Gasteiger partial charge in [0.2, 0.25) is 0 Å². The van der Waals surface area contributed by atoms with Gasteiger partial charge in [0.25, 0.3) is 0 Å². The Morgan fingerprint density at radius 2 is 1.94 bits per heavy atom. The molecular formula is C15H20O. The molecule has 1 aromatic rings. The van der Waals surface area contributed by atoms with Crippen LogP contribution in [0, 0.1) is 18.8 Å². The van der Waals surface area contributed by atoms with Gasteiger partial charge < -0.3 is 0 Å². The van der Waals surface area contributed by atoms with Crippen LogP contribution in [0.4, 0.5) is 0 Å². The van der Waals surface area contributed by atoms with Gasteiger partial charge in [-0.25, -0.2) is 0 Å². The fourth-order valence-electron chi connectivity index (χ4n) is 2.66. The zero-order valence-corrected chi connectivity index (χ0v) is 10.2. The number of carbonyl (C=O) groups is 1. The van der Waals surface area contributed by atoms with E-state index >= 15 is 0 Å². The quantitative estimate of drug-likeness (QED) is 0.755. The first-order chi connectivity index (χ1) is 7.66. The van der Waals surface area contributed by atoms with Gasteiger partial charge in [-0.15, -0.1) is 0 Å². The molecule has 1 aliphatic carbocycles. The summed E-state index contributed by atoms with van der Waals surface area (Å²) in [5, 5.41) is 0. The summed E-state index contributed by atoms with van der Waals surface area (Å²) in [5.41, 5.74) is 2.42. The van der Waals surface area contributed by atoms with E-state index in [-0.39, 0.29) is 0 Å². The van der Waals surface area contributed by atoms with Crippen LogP contribution >= 0.6 is 0 Å². The summed E-state index contributed by atoms with van der Waals surface area (Å²) in [6.07, 6.45) is 4.18. The molecule has 0 aliphatic heterocycles. The van der Waals surface area contributed by atoms with Crippen molar-refractivity contribution < 1.29 is 4.79 Å². The SMILES string of the molecule is Cc1ccc(CC(=O)C2CCCC2C)cc1. The molecule has 1 aliphatic rings. The molecule has 0 N–H and O–H groups in total. The molecule has 0 amide bonds. The molecule has 0 aromatic heterocycles. The molecule has 1 aromatic carbocycles. The van der Waals surface area contributed by atoms with Crippen molar-refractivity contribution in [1.29, 1.82) is 0 Å². The highest BCUT2D eigenvalue weighted by Gasteiger charge is 2.29. The van der Waals surface area contributed by atoms with Crippen LogP contribution in [0.3, 0.4) is 0 Å². The summed E-state index contributed by atoms with van der Waals surface area (Å²) in [4.78, 5) is 12.1. The third kappa shape index (κ3) is 2.52. The normalized spacial score (nSPS) is 24.6. The van der Waals surface area contributed by atoms with E-state index in [4.69, 9.17) is 0 Å². The van der Waals surface area contributed by atoms with Gasteiger partial charge in [0.1, 0.15) is 5.78 Å². The minimum absolute atomic E-state index is 0.321. The van der Waals surface area contributed by atoms with Gasteiger partial charge in [-0.05, 0) is 31.2 Å². The fourth-order valence-corrected chi connectivity index (χ4v) is 2.66. The predicted octanol–water partition coefficient (Wildman–Crippen LogP) is 3.54. The molecule has 0 radical (unpaired) electrons. The van der Waals surface area contributed by atoms with E-state index in [2.05, 4.69) is 38.1 Å². The van der Waals surface area contributed by atoms with E-state index in [1.807, 2.05) is 0 Å². The van der Waals surface area contributed by atoms with Crippen molar-refractivity contribution in [3.8, 4) is 0 Å². The molecule has 2 unspecified atom stereocenters. The van der Waals surface area contributed by atoms with Gasteiger partial charge in [0, 0.05) is 12.3 Å². The van der Waals surface area contributed by atoms with Crippen LogP contribution in [0.1, 0.15) is 37.3 Å². The first kappa shape index (κ1) is 11.4. The van der Waals surface area contributed by atoms with Gasteiger partial charge in [0.05, 0.1) is 0 Å². The van der Waals surface area contributed by atoms with Crippen molar-refractivity contribution >= 4 is 5.78 Å². The third-order valence-electron chi connectivity index (χ3n) is 3.77. The van der Waals surface area contributed by atoms with E-state index in [0.29, 0.717) is 24.0 Å². The van der Waals surface area contributed by atoms with Gasteiger partial charge in [-0.2, -0.15) is 0 Å². The standard InChI is InChI=1S/C15H20O/c1-11-6-8-13(9-7-11)10-15(16)14-5-3-4-12(14)2/h6-9,12,14H,3-5,10H2,1-2H3. The second kappa shape index (κ2) is 4.82. The van der Waals surface area contributed by atoms with Crippen molar-refractivity contribution in [2.45, 2.75) is 39.5 Å². The van der Waals surface area contributed by atoms with Gasteiger partial charge in [-0.1, -0.05) is 43.2 Å². The Morgan fingerprint density at radius 1 is 1.25 bits per heavy atom. The lowest BCUT2D eigenvalue weighted by atomic mass is 9.90. The number of benzene rings is 1. The zero-order chi connectivity index (χ0) is 11.5. The highest BCUT2D eigenvalue weighted by Crippen LogP contribution is 2.32. The summed E-state index contributed by atoms with van der Waals surface area (Å²) in [6.45, 7) is 4.29. The van der Waals surface area contributed by atoms with Crippen molar-refractivity contribution in [2.24, 2.45) is 11.8 Å². The fraction of sp³-hybridized carbons (Fsp3) is 0.533. The molecule has 16 heavy (non-hydrogen) atoms. The number of hydrogen-bond acceptors (Lipinski definition) is 1. The maximum absolute atomic E-state index is 12.1. The Hall–Kier alpha value is -1.11. The minimum atomic E-state index is 0.321. The Morgan fingerprint density at radius 3 is 2.50 bits per heavy atom. The molecule has 1 nitrogen and oxygen atoms in total. The van der Waals surface area contributed by atoms with Crippen LogP contribution in [0.5, 0.6) is 0 Å². The number of ketones is 1. The average molecular weight is 216 g/mol. The molecule has 1 saturated carbocycles. The minimum Gasteiger partial charge on any atom is -0.299 e. The van der Waals surface area contributed by atoms with Crippen LogP contribution in [-0.4, -0.2) is 5.78 Å². The van der Waals surface area contributed by atoms with Crippen LogP contribution in [0.2, 0.25) is 0 Å². The summed E-state index contributed by atoms with van der Waals surface area (Å²) in [6, 6.07) is 8.32. The van der Waals surface area contributed by atoms with E-state index in [9.17, 15) is 4.79 Å². The maximum atomic E-state index is 12.1. The van der Waals surface area contributed by atoms with E-state index in [0.717, 1.165) is 12.0 Å². The lowest BCUT2D eigenvalue weighted by Gasteiger charge is -2.13. The maximum Gasteiger partial charge on any atom is 0.140 e. The smallest absolute Gasteiger partial charge is 0.140 e. The number of rotatable bonds is 3. The number of Topliss-reactive ketones (excluding diaryl/α,β-unsaturated/α-hetero) is 1. The van der Waals surface area contributed by atoms with Gasteiger partial charge in [-0.3, -0.25) is 4.79 Å². The lowest BCUT2D eigenvalue weighted by molar-refractivity contribution is -0.123. The predicted molar refractivity (Wildman–Crippen MR) is 66.4 cm³/mol.